The molecule has 0 fully saturated rings. The zero-order chi connectivity index (χ0) is 21.6. The molecule has 3 amide bonds. The summed E-state index contributed by atoms with van der Waals surface area (Å²) >= 11 is 3.04. The topological polar surface area (TPSA) is 92.3 Å². The molecule has 0 spiro atoms. The lowest BCUT2D eigenvalue weighted by atomic mass is 9.75. The third kappa shape index (κ3) is 3.59. The smallest absolute Gasteiger partial charge is 0.293 e. The molecule has 3 rings (SSSR count). The van der Waals surface area contributed by atoms with Crippen LogP contribution in [0.3, 0.4) is 0 Å². The zero-order valence-corrected chi connectivity index (χ0v) is 16.1. The van der Waals surface area contributed by atoms with Crippen molar-refractivity contribution in [2.24, 2.45) is 0 Å². The fraction of sp³-hybridized carbons (Fsp3) is 0.235. The van der Waals surface area contributed by atoms with Crippen molar-refractivity contribution < 1.29 is 31.9 Å². The Morgan fingerprint density at radius 2 is 1.86 bits per heavy atom. The molecule has 7 nitrogen and oxygen atoms in total. The van der Waals surface area contributed by atoms with Gasteiger partial charge in [-0.15, -0.1) is 0 Å². The van der Waals surface area contributed by atoms with Gasteiger partial charge in [-0.3, -0.25) is 24.6 Å². The highest BCUT2D eigenvalue weighted by molar-refractivity contribution is 9.10. The lowest BCUT2D eigenvalue weighted by Crippen LogP contribution is -2.60. The Bertz CT molecular complexity index is 1010. The predicted octanol–water partition coefficient (Wildman–Crippen LogP) is 2.82. The number of aromatic nitrogens is 2. The summed E-state index contributed by atoms with van der Waals surface area (Å²) < 4.78 is 54.7. The Morgan fingerprint density at radius 3 is 2.45 bits per heavy atom. The van der Waals surface area contributed by atoms with Gasteiger partial charge in [0.1, 0.15) is 6.54 Å². The molecule has 0 aliphatic carbocycles. The van der Waals surface area contributed by atoms with E-state index in [-0.39, 0.29) is 20.9 Å². The number of anilines is 1. The Hall–Kier alpha value is -2.89. The minimum absolute atomic E-state index is 0.225. The van der Waals surface area contributed by atoms with Crippen LogP contribution in [0.4, 0.5) is 23.5 Å². The highest BCUT2D eigenvalue weighted by Gasteiger charge is 2.63. The first-order chi connectivity index (χ1) is 13.4. The normalized spacial score (nSPS) is 19.2. The van der Waals surface area contributed by atoms with E-state index in [0.717, 1.165) is 24.5 Å². The lowest BCUT2D eigenvalue weighted by molar-refractivity contribution is -0.197. The predicted molar refractivity (Wildman–Crippen MR) is 94.2 cm³/mol. The number of amides is 3. The van der Waals surface area contributed by atoms with Gasteiger partial charge in [-0.25, -0.2) is 14.4 Å². The van der Waals surface area contributed by atoms with Crippen molar-refractivity contribution in [2.45, 2.75) is 18.5 Å². The summed E-state index contributed by atoms with van der Waals surface area (Å²) in [4.78, 5) is 44.7. The van der Waals surface area contributed by atoms with Crippen LogP contribution in [0.2, 0.25) is 0 Å². The molecular formula is C17H11BrF4N4O3. The van der Waals surface area contributed by atoms with Crippen LogP contribution in [0.1, 0.15) is 22.8 Å². The largest absolute Gasteiger partial charge is 0.406 e. The van der Waals surface area contributed by atoms with Gasteiger partial charge in [-0.2, -0.15) is 13.2 Å². The molecule has 1 aliphatic rings. The number of hydrogen-bond donors (Lipinski definition) is 1. The molecule has 152 valence electrons. The molecule has 1 N–H and O–H groups in total. The van der Waals surface area contributed by atoms with Gasteiger partial charge in [0.25, 0.3) is 5.91 Å². The van der Waals surface area contributed by atoms with Crippen molar-refractivity contribution >= 4 is 39.6 Å². The van der Waals surface area contributed by atoms with Crippen molar-refractivity contribution in [2.75, 3.05) is 11.9 Å². The molecule has 2 aromatic rings. The Balaban J connectivity index is 1.96. The molecule has 1 aromatic heterocycles. The van der Waals surface area contributed by atoms with Crippen molar-refractivity contribution in [3.63, 3.8) is 0 Å². The first kappa shape index (κ1) is 20.8. The van der Waals surface area contributed by atoms with Crippen LogP contribution >= 0.6 is 15.9 Å². The zero-order valence-electron chi connectivity index (χ0n) is 14.6. The molecule has 29 heavy (non-hydrogen) atoms. The highest BCUT2D eigenvalue weighted by Crippen LogP contribution is 2.47. The highest BCUT2D eigenvalue weighted by atomic mass is 79.9. The first-order valence-electron chi connectivity index (χ1n) is 7.95. The fourth-order valence-corrected chi connectivity index (χ4v) is 3.20. The van der Waals surface area contributed by atoms with Crippen LogP contribution in [0.5, 0.6) is 0 Å². The van der Waals surface area contributed by atoms with Crippen LogP contribution < -0.4 is 5.32 Å². The maximum Gasteiger partial charge on any atom is 0.406 e. The second kappa shape index (κ2) is 7.17. The molecule has 1 atom stereocenters. The van der Waals surface area contributed by atoms with Crippen molar-refractivity contribution in [1.82, 2.24) is 14.9 Å². The summed E-state index contributed by atoms with van der Waals surface area (Å²) in [6.45, 7) is -0.347. The standard InChI is InChI=1S/C17H11BrF4N4O3/c1-16(17(20,21)22)11-4-8(18)2-3-10(11)13(28)26(14(16)29)7-12(27)25-15-23-5-9(19)6-24-15/h2-6H,7H2,1H3,(H,23,24,25,27)/t16-/m1/s1. The average molecular weight is 475 g/mol. The van der Waals surface area contributed by atoms with E-state index in [1.54, 1.807) is 0 Å². The molecule has 0 saturated carbocycles. The number of alkyl halides is 3. The molecule has 12 heteroatoms. The maximum absolute atomic E-state index is 13.9. The van der Waals surface area contributed by atoms with Crippen LogP contribution in [-0.2, 0) is 15.0 Å². The third-order valence-electron chi connectivity index (χ3n) is 4.41. The summed E-state index contributed by atoms with van der Waals surface area (Å²) in [5.74, 6) is -4.77. The van der Waals surface area contributed by atoms with E-state index >= 15 is 0 Å². The van der Waals surface area contributed by atoms with E-state index < -0.39 is 47.2 Å². The van der Waals surface area contributed by atoms with Crippen molar-refractivity contribution in [1.29, 1.82) is 0 Å². The number of hydrogen-bond acceptors (Lipinski definition) is 5. The van der Waals surface area contributed by atoms with Gasteiger partial charge in [0.15, 0.2) is 11.2 Å². The number of nitrogens with one attached hydrogen (secondary N) is 1. The summed E-state index contributed by atoms with van der Waals surface area (Å²) in [5.41, 5.74) is -3.89. The van der Waals surface area contributed by atoms with E-state index in [1.807, 2.05) is 0 Å². The number of rotatable bonds is 3. The maximum atomic E-state index is 13.9. The Labute approximate surface area is 169 Å². The number of carbonyl (C=O) groups excluding carboxylic acids is 3. The van der Waals surface area contributed by atoms with Crippen LogP contribution in [0.15, 0.2) is 35.1 Å². The van der Waals surface area contributed by atoms with Gasteiger partial charge >= 0.3 is 6.18 Å². The summed E-state index contributed by atoms with van der Waals surface area (Å²) in [5, 5.41) is 2.09. The monoisotopic (exact) mass is 474 g/mol. The minimum atomic E-state index is -5.03. The fourth-order valence-electron chi connectivity index (χ4n) is 2.84. The van der Waals surface area contributed by atoms with Gasteiger partial charge in [0.05, 0.1) is 12.4 Å². The second-order valence-electron chi connectivity index (χ2n) is 6.28. The van der Waals surface area contributed by atoms with Crippen LogP contribution in [0, 0.1) is 5.82 Å². The minimum Gasteiger partial charge on any atom is -0.293 e. The molecule has 0 radical (unpaired) electrons. The first-order valence-corrected chi connectivity index (χ1v) is 8.75. The molecule has 0 unspecified atom stereocenters. The lowest BCUT2D eigenvalue weighted by Gasteiger charge is -2.40. The van der Waals surface area contributed by atoms with E-state index in [9.17, 15) is 31.9 Å². The average Bonchev–Trinajstić information content (AvgIpc) is 2.64. The Morgan fingerprint density at radius 1 is 1.24 bits per heavy atom. The number of nitrogens with zero attached hydrogens (tertiary/aromatic N) is 3. The molecule has 0 saturated heterocycles. The number of carbonyl (C=O) groups is 3. The van der Waals surface area contributed by atoms with Crippen molar-refractivity contribution in [3.05, 3.63) is 52.0 Å². The van der Waals surface area contributed by atoms with E-state index in [0.29, 0.717) is 6.92 Å². The molecule has 2 heterocycles. The quantitative estimate of drug-likeness (QED) is 0.545. The Kier molecular flexibility index (Phi) is 5.15. The van der Waals surface area contributed by atoms with E-state index in [4.69, 9.17) is 0 Å². The summed E-state index contributed by atoms with van der Waals surface area (Å²) in [6.07, 6.45) is -3.52. The number of imide groups is 1. The summed E-state index contributed by atoms with van der Waals surface area (Å²) in [7, 11) is 0. The van der Waals surface area contributed by atoms with E-state index in [1.165, 1.54) is 6.07 Å². The van der Waals surface area contributed by atoms with Gasteiger partial charge < -0.3 is 0 Å². The van der Waals surface area contributed by atoms with Crippen LogP contribution in [0.25, 0.3) is 0 Å². The van der Waals surface area contributed by atoms with Crippen LogP contribution in [-0.4, -0.2) is 45.3 Å². The van der Waals surface area contributed by atoms with Gasteiger partial charge in [-0.1, -0.05) is 15.9 Å². The molecular weight excluding hydrogens is 464 g/mol. The molecule has 1 aliphatic heterocycles. The SMILES string of the molecule is C[C@]1(C(F)(F)F)C(=O)N(CC(=O)Nc2ncc(F)cn2)C(=O)c2ccc(Br)cc21. The molecule has 1 aromatic carbocycles. The van der Waals surface area contributed by atoms with E-state index in [2.05, 4.69) is 31.2 Å². The van der Waals surface area contributed by atoms with Gasteiger partial charge in [0, 0.05) is 10.0 Å². The van der Waals surface area contributed by atoms with Gasteiger partial charge in [-0.05, 0) is 30.7 Å². The van der Waals surface area contributed by atoms with Crippen molar-refractivity contribution in [3.8, 4) is 0 Å². The second-order valence-corrected chi connectivity index (χ2v) is 7.20. The molecule has 0 bridgehead atoms. The van der Waals surface area contributed by atoms with Gasteiger partial charge in [0.2, 0.25) is 17.8 Å². The number of fused-ring (bicyclic) bond motifs is 1. The summed E-state index contributed by atoms with van der Waals surface area (Å²) in [6, 6.07) is 3.56. The number of benzene rings is 1. The number of halogens is 5. The third-order valence-corrected chi connectivity index (χ3v) is 4.90.